The number of aromatic nitrogens is 2. The van der Waals surface area contributed by atoms with Gasteiger partial charge in [0.25, 0.3) is 5.88 Å². The SMILES string of the molecule is COc1cc(OC)cc(N2CCN(C(=S)Nc3nc4ccccc4nc3OC)CC2)c1. The molecule has 1 N–H and O–H groups in total. The van der Waals surface area contributed by atoms with E-state index in [1.165, 1.54) is 0 Å². The summed E-state index contributed by atoms with van der Waals surface area (Å²) in [5.41, 5.74) is 2.63. The molecule has 0 atom stereocenters. The lowest BCUT2D eigenvalue weighted by atomic mass is 10.2. The van der Waals surface area contributed by atoms with Crippen LogP contribution in [-0.2, 0) is 0 Å². The largest absolute Gasteiger partial charge is 0.497 e. The molecule has 0 amide bonds. The summed E-state index contributed by atoms with van der Waals surface area (Å²) < 4.78 is 16.2. The molecular weight excluding hydrogens is 414 g/mol. The highest BCUT2D eigenvalue weighted by Crippen LogP contribution is 2.29. The Morgan fingerprint density at radius 2 is 1.48 bits per heavy atom. The van der Waals surface area contributed by atoms with Crippen molar-refractivity contribution in [3.05, 3.63) is 42.5 Å². The predicted octanol–water partition coefficient (Wildman–Crippen LogP) is 3.17. The number of nitrogens with zero attached hydrogens (tertiary/aromatic N) is 4. The van der Waals surface area contributed by atoms with E-state index in [1.54, 1.807) is 21.3 Å². The molecule has 0 spiro atoms. The number of para-hydroxylation sites is 2. The first-order valence-electron chi connectivity index (χ1n) is 9.96. The molecule has 2 heterocycles. The van der Waals surface area contributed by atoms with E-state index in [0.717, 1.165) is 54.4 Å². The predicted molar refractivity (Wildman–Crippen MR) is 126 cm³/mol. The molecule has 1 aromatic heterocycles. The van der Waals surface area contributed by atoms with Gasteiger partial charge in [-0.25, -0.2) is 9.97 Å². The Hall–Kier alpha value is -3.33. The zero-order valence-corrected chi connectivity index (χ0v) is 18.6. The maximum absolute atomic E-state index is 5.65. The van der Waals surface area contributed by atoms with Gasteiger partial charge < -0.3 is 29.3 Å². The van der Waals surface area contributed by atoms with E-state index in [1.807, 2.05) is 42.5 Å². The first-order chi connectivity index (χ1) is 15.1. The van der Waals surface area contributed by atoms with Gasteiger partial charge in [0, 0.05) is 50.1 Å². The Morgan fingerprint density at radius 3 is 2.06 bits per heavy atom. The lowest BCUT2D eigenvalue weighted by Crippen LogP contribution is -2.50. The first-order valence-corrected chi connectivity index (χ1v) is 10.4. The van der Waals surface area contributed by atoms with Crippen molar-refractivity contribution in [1.29, 1.82) is 0 Å². The van der Waals surface area contributed by atoms with Crippen LogP contribution in [0.5, 0.6) is 17.4 Å². The van der Waals surface area contributed by atoms with Crippen LogP contribution in [0, 0.1) is 0 Å². The van der Waals surface area contributed by atoms with Gasteiger partial charge in [-0.15, -0.1) is 0 Å². The number of methoxy groups -OCH3 is 3. The van der Waals surface area contributed by atoms with Gasteiger partial charge in [0.2, 0.25) is 0 Å². The Balaban J connectivity index is 1.44. The zero-order valence-electron chi connectivity index (χ0n) is 17.8. The standard InChI is InChI=1S/C22H25N5O3S/c1-28-16-12-15(13-17(14-16)29-2)26-8-10-27(11-9-26)22(31)25-20-21(30-3)24-19-7-5-4-6-18(19)23-20/h4-7,12-14H,8-11H2,1-3H3,(H,23,25,31). The molecule has 31 heavy (non-hydrogen) atoms. The fourth-order valence-corrected chi connectivity index (χ4v) is 3.81. The molecule has 0 aliphatic carbocycles. The Kier molecular flexibility index (Phi) is 6.22. The number of thiocarbonyl (C=S) groups is 1. The van der Waals surface area contributed by atoms with E-state index in [2.05, 4.69) is 25.1 Å². The molecule has 0 bridgehead atoms. The molecule has 8 nitrogen and oxygen atoms in total. The van der Waals surface area contributed by atoms with Crippen LogP contribution in [0.15, 0.2) is 42.5 Å². The highest BCUT2D eigenvalue weighted by molar-refractivity contribution is 7.80. The highest BCUT2D eigenvalue weighted by atomic mass is 32.1. The summed E-state index contributed by atoms with van der Waals surface area (Å²) in [6.45, 7) is 3.18. The molecule has 0 unspecified atom stereocenters. The summed E-state index contributed by atoms with van der Waals surface area (Å²) in [6.07, 6.45) is 0. The molecule has 0 radical (unpaired) electrons. The van der Waals surface area contributed by atoms with Crippen molar-refractivity contribution in [3.63, 3.8) is 0 Å². The second-order valence-electron chi connectivity index (χ2n) is 7.05. The second kappa shape index (κ2) is 9.22. The summed E-state index contributed by atoms with van der Waals surface area (Å²) in [5.74, 6) is 2.49. The smallest absolute Gasteiger partial charge is 0.258 e. The molecular formula is C22H25N5O3S. The van der Waals surface area contributed by atoms with Crippen LogP contribution in [0.3, 0.4) is 0 Å². The second-order valence-corrected chi connectivity index (χ2v) is 7.43. The van der Waals surface area contributed by atoms with Gasteiger partial charge in [-0.05, 0) is 24.4 Å². The summed E-state index contributed by atoms with van der Waals surface area (Å²) in [6, 6.07) is 13.6. The van der Waals surface area contributed by atoms with Crippen molar-refractivity contribution in [2.45, 2.75) is 0 Å². The summed E-state index contributed by atoms with van der Waals surface area (Å²) in [7, 11) is 4.89. The Bertz CT molecular complexity index is 1060. The van der Waals surface area contributed by atoms with Crippen LogP contribution in [0.25, 0.3) is 11.0 Å². The van der Waals surface area contributed by atoms with Crippen molar-refractivity contribution < 1.29 is 14.2 Å². The molecule has 9 heteroatoms. The molecule has 1 aliphatic heterocycles. The van der Waals surface area contributed by atoms with Gasteiger partial charge >= 0.3 is 0 Å². The summed E-state index contributed by atoms with van der Waals surface area (Å²) >= 11 is 5.65. The third-order valence-corrected chi connectivity index (χ3v) is 5.59. The van der Waals surface area contributed by atoms with Crippen LogP contribution < -0.4 is 24.4 Å². The average molecular weight is 440 g/mol. The van der Waals surface area contributed by atoms with E-state index >= 15 is 0 Å². The minimum Gasteiger partial charge on any atom is -0.497 e. The minimum atomic E-state index is 0.420. The number of anilines is 2. The van der Waals surface area contributed by atoms with Gasteiger partial charge in [-0.2, -0.15) is 0 Å². The number of fused-ring (bicyclic) bond motifs is 1. The highest BCUT2D eigenvalue weighted by Gasteiger charge is 2.21. The van der Waals surface area contributed by atoms with Gasteiger partial charge in [-0.3, -0.25) is 0 Å². The molecule has 2 aromatic carbocycles. The number of benzene rings is 2. The third-order valence-electron chi connectivity index (χ3n) is 5.23. The van der Waals surface area contributed by atoms with Crippen LogP contribution >= 0.6 is 12.2 Å². The van der Waals surface area contributed by atoms with Gasteiger partial charge in [-0.1, -0.05) is 12.1 Å². The quantitative estimate of drug-likeness (QED) is 0.604. The number of piperazine rings is 1. The van der Waals surface area contributed by atoms with E-state index in [4.69, 9.17) is 26.4 Å². The zero-order chi connectivity index (χ0) is 21.8. The van der Waals surface area contributed by atoms with E-state index in [0.29, 0.717) is 16.8 Å². The molecule has 1 aliphatic rings. The fraction of sp³-hybridized carbons (Fsp3) is 0.318. The number of nitrogens with one attached hydrogen (secondary N) is 1. The van der Waals surface area contributed by atoms with Crippen LogP contribution in [0.1, 0.15) is 0 Å². The lowest BCUT2D eigenvalue weighted by Gasteiger charge is -2.37. The number of hydrogen-bond donors (Lipinski definition) is 1. The van der Waals surface area contributed by atoms with Gasteiger partial charge in [0.05, 0.1) is 32.4 Å². The Morgan fingerprint density at radius 1 is 0.871 bits per heavy atom. The third kappa shape index (κ3) is 4.56. The minimum absolute atomic E-state index is 0.420. The van der Waals surface area contributed by atoms with Crippen LogP contribution in [0.4, 0.5) is 11.5 Å². The summed E-state index contributed by atoms with van der Waals surface area (Å²) in [4.78, 5) is 13.6. The van der Waals surface area contributed by atoms with E-state index in [-0.39, 0.29) is 0 Å². The van der Waals surface area contributed by atoms with Crippen molar-refractivity contribution >= 4 is 39.9 Å². The molecule has 0 saturated carbocycles. The molecule has 3 aromatic rings. The van der Waals surface area contributed by atoms with Crippen molar-refractivity contribution in [1.82, 2.24) is 14.9 Å². The maximum atomic E-state index is 5.65. The van der Waals surface area contributed by atoms with Gasteiger partial charge in [0.1, 0.15) is 11.5 Å². The van der Waals surface area contributed by atoms with E-state index in [9.17, 15) is 0 Å². The van der Waals surface area contributed by atoms with Crippen molar-refractivity contribution in [2.24, 2.45) is 0 Å². The number of ether oxygens (including phenoxy) is 3. The van der Waals surface area contributed by atoms with E-state index < -0.39 is 0 Å². The normalized spacial score (nSPS) is 13.8. The average Bonchev–Trinajstić information content (AvgIpc) is 2.83. The molecule has 1 saturated heterocycles. The summed E-state index contributed by atoms with van der Waals surface area (Å²) in [5, 5.41) is 3.82. The first kappa shape index (κ1) is 20.9. The van der Waals surface area contributed by atoms with Crippen molar-refractivity contribution in [2.75, 3.05) is 57.7 Å². The van der Waals surface area contributed by atoms with Gasteiger partial charge in [0.15, 0.2) is 10.9 Å². The molecule has 1 fully saturated rings. The lowest BCUT2D eigenvalue weighted by molar-refractivity contribution is 0.383. The van der Waals surface area contributed by atoms with Crippen LogP contribution in [0.2, 0.25) is 0 Å². The number of hydrogen-bond acceptors (Lipinski definition) is 7. The molecule has 4 rings (SSSR count). The van der Waals surface area contributed by atoms with Crippen LogP contribution in [-0.4, -0.2) is 67.5 Å². The fourth-order valence-electron chi connectivity index (χ4n) is 3.53. The Labute approximate surface area is 186 Å². The monoisotopic (exact) mass is 439 g/mol. The maximum Gasteiger partial charge on any atom is 0.258 e. The topological polar surface area (TPSA) is 72.0 Å². The van der Waals surface area contributed by atoms with Crippen molar-refractivity contribution in [3.8, 4) is 17.4 Å². The number of rotatable bonds is 5. The molecule has 162 valence electrons.